The SMILES string of the molecule is CC(F)Oc1cccnc1N. The first-order chi connectivity index (χ1) is 5.20. The van der Waals surface area contributed by atoms with Gasteiger partial charge >= 0.3 is 0 Å². The van der Waals surface area contributed by atoms with E-state index >= 15 is 0 Å². The first-order valence-corrected chi connectivity index (χ1v) is 3.21. The third kappa shape index (κ3) is 2.07. The van der Waals surface area contributed by atoms with Gasteiger partial charge in [0.1, 0.15) is 0 Å². The number of aromatic nitrogens is 1. The van der Waals surface area contributed by atoms with E-state index in [0.29, 0.717) is 0 Å². The van der Waals surface area contributed by atoms with Gasteiger partial charge in [-0.05, 0) is 12.1 Å². The predicted molar refractivity (Wildman–Crippen MR) is 39.8 cm³/mol. The molecule has 0 bridgehead atoms. The van der Waals surface area contributed by atoms with Crippen molar-refractivity contribution in [3.05, 3.63) is 18.3 Å². The van der Waals surface area contributed by atoms with Crippen molar-refractivity contribution >= 4 is 5.82 Å². The number of anilines is 1. The highest BCUT2D eigenvalue weighted by molar-refractivity contribution is 5.44. The number of hydrogen-bond donors (Lipinski definition) is 1. The largest absolute Gasteiger partial charge is 0.457 e. The Balaban J connectivity index is 2.78. The third-order valence-corrected chi connectivity index (χ3v) is 1.09. The van der Waals surface area contributed by atoms with Crippen LogP contribution in [0.3, 0.4) is 0 Å². The summed E-state index contributed by atoms with van der Waals surface area (Å²) in [5.74, 6) is 0.486. The number of pyridine rings is 1. The minimum atomic E-state index is -1.36. The fraction of sp³-hybridized carbons (Fsp3) is 0.286. The second-order valence-corrected chi connectivity index (χ2v) is 2.05. The zero-order chi connectivity index (χ0) is 8.27. The first-order valence-electron chi connectivity index (χ1n) is 3.21. The highest BCUT2D eigenvalue weighted by Crippen LogP contribution is 2.18. The van der Waals surface area contributed by atoms with E-state index in [1.807, 2.05) is 0 Å². The van der Waals surface area contributed by atoms with Gasteiger partial charge in [-0.1, -0.05) is 0 Å². The monoisotopic (exact) mass is 156 g/mol. The van der Waals surface area contributed by atoms with E-state index in [1.54, 1.807) is 12.1 Å². The molecule has 0 fully saturated rings. The predicted octanol–water partition coefficient (Wildman–Crippen LogP) is 1.36. The molecule has 0 amide bonds. The topological polar surface area (TPSA) is 48.1 Å². The Kier molecular flexibility index (Phi) is 2.25. The summed E-state index contributed by atoms with van der Waals surface area (Å²) in [7, 11) is 0. The summed E-state index contributed by atoms with van der Waals surface area (Å²) < 4.78 is 17.0. The lowest BCUT2D eigenvalue weighted by atomic mass is 10.4. The van der Waals surface area contributed by atoms with Gasteiger partial charge in [0, 0.05) is 13.1 Å². The number of nitrogen functional groups attached to an aromatic ring is 1. The van der Waals surface area contributed by atoms with Crippen molar-refractivity contribution in [2.45, 2.75) is 13.3 Å². The average Bonchev–Trinajstić information content (AvgIpc) is 1.93. The van der Waals surface area contributed by atoms with E-state index in [0.717, 1.165) is 0 Å². The quantitative estimate of drug-likeness (QED) is 0.703. The molecular formula is C7H9FN2O. The zero-order valence-electron chi connectivity index (χ0n) is 6.12. The molecule has 11 heavy (non-hydrogen) atoms. The second kappa shape index (κ2) is 3.18. The maximum Gasteiger partial charge on any atom is 0.236 e. The molecule has 0 radical (unpaired) electrons. The molecule has 1 aromatic heterocycles. The van der Waals surface area contributed by atoms with Gasteiger partial charge in [0.25, 0.3) is 0 Å². The molecule has 60 valence electrons. The molecular weight excluding hydrogens is 147 g/mol. The molecule has 1 aromatic rings. The van der Waals surface area contributed by atoms with Crippen LogP contribution in [-0.2, 0) is 0 Å². The normalized spacial score (nSPS) is 12.5. The van der Waals surface area contributed by atoms with Crippen molar-refractivity contribution in [3.8, 4) is 5.75 Å². The number of nitrogens with zero attached hydrogens (tertiary/aromatic N) is 1. The highest BCUT2D eigenvalue weighted by atomic mass is 19.1. The van der Waals surface area contributed by atoms with E-state index in [2.05, 4.69) is 4.98 Å². The Labute approximate surface area is 64.0 Å². The highest BCUT2D eigenvalue weighted by Gasteiger charge is 2.03. The summed E-state index contributed by atoms with van der Waals surface area (Å²) in [6.07, 6.45) is 0.159. The molecule has 0 saturated carbocycles. The second-order valence-electron chi connectivity index (χ2n) is 2.05. The summed E-state index contributed by atoms with van der Waals surface area (Å²) in [6, 6.07) is 3.20. The molecule has 0 aliphatic heterocycles. The van der Waals surface area contributed by atoms with Crippen LogP contribution in [0.25, 0.3) is 0 Å². The number of halogens is 1. The lowest BCUT2D eigenvalue weighted by Crippen LogP contribution is -2.06. The van der Waals surface area contributed by atoms with Crippen molar-refractivity contribution in [1.29, 1.82) is 0 Å². The number of alkyl halides is 1. The van der Waals surface area contributed by atoms with Gasteiger partial charge in [0.2, 0.25) is 6.36 Å². The first kappa shape index (κ1) is 7.78. The van der Waals surface area contributed by atoms with Gasteiger partial charge in [-0.25, -0.2) is 9.37 Å². The molecule has 3 nitrogen and oxygen atoms in total. The summed E-state index contributed by atoms with van der Waals surface area (Å²) >= 11 is 0. The van der Waals surface area contributed by atoms with Crippen molar-refractivity contribution in [1.82, 2.24) is 4.98 Å². The molecule has 0 aliphatic rings. The molecule has 0 spiro atoms. The molecule has 0 saturated heterocycles. The van der Waals surface area contributed by atoms with Gasteiger partial charge in [-0.15, -0.1) is 0 Å². The lowest BCUT2D eigenvalue weighted by molar-refractivity contribution is 0.0865. The lowest BCUT2D eigenvalue weighted by Gasteiger charge is -2.07. The van der Waals surface area contributed by atoms with Crippen LogP contribution < -0.4 is 10.5 Å². The van der Waals surface area contributed by atoms with Gasteiger partial charge in [-0.3, -0.25) is 0 Å². The van der Waals surface area contributed by atoms with Gasteiger partial charge < -0.3 is 10.5 Å². The number of ether oxygens (including phenoxy) is 1. The minimum Gasteiger partial charge on any atom is -0.457 e. The Morgan fingerprint density at radius 3 is 3.00 bits per heavy atom. The summed E-state index contributed by atoms with van der Waals surface area (Å²) in [5, 5.41) is 0. The van der Waals surface area contributed by atoms with E-state index < -0.39 is 6.36 Å². The third-order valence-electron chi connectivity index (χ3n) is 1.09. The summed E-state index contributed by atoms with van der Waals surface area (Å²) in [5.41, 5.74) is 5.37. The molecule has 0 aliphatic carbocycles. The fourth-order valence-corrected chi connectivity index (χ4v) is 0.677. The molecule has 1 atom stereocenters. The van der Waals surface area contributed by atoms with Gasteiger partial charge in [0.05, 0.1) is 0 Å². The molecule has 0 aromatic carbocycles. The number of nitrogens with two attached hydrogens (primary N) is 1. The molecule has 1 unspecified atom stereocenters. The number of rotatable bonds is 2. The smallest absolute Gasteiger partial charge is 0.236 e. The van der Waals surface area contributed by atoms with Crippen molar-refractivity contribution in [3.63, 3.8) is 0 Å². The van der Waals surface area contributed by atoms with Gasteiger partial charge in [0.15, 0.2) is 11.6 Å². The Morgan fingerprint density at radius 1 is 1.73 bits per heavy atom. The van der Waals surface area contributed by atoms with Gasteiger partial charge in [-0.2, -0.15) is 0 Å². The van der Waals surface area contributed by atoms with Crippen LogP contribution in [0.5, 0.6) is 5.75 Å². The summed E-state index contributed by atoms with van der Waals surface area (Å²) in [4.78, 5) is 3.72. The van der Waals surface area contributed by atoms with Crippen molar-refractivity contribution in [2.24, 2.45) is 0 Å². The van der Waals surface area contributed by atoms with Crippen LogP contribution in [0.2, 0.25) is 0 Å². The van der Waals surface area contributed by atoms with Crippen LogP contribution in [0, 0.1) is 0 Å². The molecule has 1 rings (SSSR count). The molecule has 2 N–H and O–H groups in total. The Bertz CT molecular complexity index is 240. The van der Waals surface area contributed by atoms with E-state index in [-0.39, 0.29) is 11.6 Å². The van der Waals surface area contributed by atoms with E-state index in [4.69, 9.17) is 10.5 Å². The zero-order valence-corrected chi connectivity index (χ0v) is 6.12. The average molecular weight is 156 g/mol. The maximum absolute atomic E-state index is 12.3. The standard InChI is InChI=1S/C7H9FN2O/c1-5(8)11-6-3-2-4-10-7(6)9/h2-5H,1H3,(H2,9,10). The van der Waals surface area contributed by atoms with Crippen molar-refractivity contribution < 1.29 is 9.13 Å². The molecule has 4 heteroatoms. The van der Waals surface area contributed by atoms with E-state index in [1.165, 1.54) is 13.1 Å². The van der Waals surface area contributed by atoms with Crippen LogP contribution in [-0.4, -0.2) is 11.3 Å². The van der Waals surface area contributed by atoms with Crippen LogP contribution in [0.4, 0.5) is 10.2 Å². The fourth-order valence-electron chi connectivity index (χ4n) is 0.677. The van der Waals surface area contributed by atoms with Crippen LogP contribution >= 0.6 is 0 Å². The van der Waals surface area contributed by atoms with Crippen LogP contribution in [0.1, 0.15) is 6.92 Å². The minimum absolute atomic E-state index is 0.206. The maximum atomic E-state index is 12.3. The summed E-state index contributed by atoms with van der Waals surface area (Å²) in [6.45, 7) is 1.28. The Morgan fingerprint density at radius 2 is 2.45 bits per heavy atom. The molecule has 1 heterocycles. The van der Waals surface area contributed by atoms with E-state index in [9.17, 15) is 4.39 Å². The van der Waals surface area contributed by atoms with Crippen molar-refractivity contribution in [2.75, 3.05) is 5.73 Å². The number of hydrogen-bond acceptors (Lipinski definition) is 3. The van der Waals surface area contributed by atoms with Crippen LogP contribution in [0.15, 0.2) is 18.3 Å². The Hall–Kier alpha value is -1.32.